The molecule has 0 spiro atoms. The number of para-hydroxylation sites is 4. The van der Waals surface area contributed by atoms with E-state index in [1.54, 1.807) is 48.5 Å². The predicted octanol–water partition coefficient (Wildman–Crippen LogP) is 3.16. The smallest absolute Gasteiger partial charge is 0.310 e. The number of carbonyl (C=O) groups excluding carboxylic acids is 2. The summed E-state index contributed by atoms with van der Waals surface area (Å²) in [5.41, 5.74) is 3.12. The Bertz CT molecular complexity index is 1300. The molecule has 2 N–H and O–H groups in total. The first-order chi connectivity index (χ1) is 17.9. The van der Waals surface area contributed by atoms with Gasteiger partial charge in [-0.3, -0.25) is 19.7 Å². The number of carbonyl (C=O) groups is 2. The summed E-state index contributed by atoms with van der Waals surface area (Å²) in [6.07, 6.45) is 1.36. The van der Waals surface area contributed by atoms with Crippen molar-refractivity contribution in [2.45, 2.75) is 0 Å². The average Bonchev–Trinajstić information content (AvgIpc) is 2.91. The fourth-order valence-corrected chi connectivity index (χ4v) is 3.05. The lowest BCUT2D eigenvalue weighted by atomic mass is 10.2. The Kier molecular flexibility index (Phi) is 9.37. The summed E-state index contributed by atoms with van der Waals surface area (Å²) in [5.74, 6) is 0.183. The summed E-state index contributed by atoms with van der Waals surface area (Å²) < 4.78 is 21.3. The van der Waals surface area contributed by atoms with Gasteiger partial charge in [-0.25, -0.2) is 5.43 Å². The maximum Gasteiger partial charge on any atom is 0.310 e. The number of benzene rings is 3. The van der Waals surface area contributed by atoms with Crippen molar-refractivity contribution in [1.29, 1.82) is 0 Å². The fraction of sp³-hybridized carbons (Fsp3) is 0.160. The number of methoxy groups -OCH3 is 2. The highest BCUT2D eigenvalue weighted by atomic mass is 16.6. The number of rotatable bonds is 12. The molecule has 0 fully saturated rings. The van der Waals surface area contributed by atoms with E-state index >= 15 is 0 Å². The van der Waals surface area contributed by atoms with Crippen LogP contribution in [-0.2, 0) is 9.59 Å². The molecular weight excluding hydrogens is 484 g/mol. The summed E-state index contributed by atoms with van der Waals surface area (Å²) in [6.45, 7) is -0.729. The Balaban J connectivity index is 1.51. The first-order valence-electron chi connectivity index (χ1n) is 10.8. The molecule has 0 bridgehead atoms. The van der Waals surface area contributed by atoms with E-state index < -0.39 is 17.4 Å². The average molecular weight is 508 g/mol. The monoisotopic (exact) mass is 508 g/mol. The van der Waals surface area contributed by atoms with Crippen molar-refractivity contribution < 1.29 is 33.5 Å². The van der Waals surface area contributed by atoms with Crippen LogP contribution in [0.3, 0.4) is 0 Å². The zero-order chi connectivity index (χ0) is 26.6. The van der Waals surface area contributed by atoms with Crippen LogP contribution in [0.1, 0.15) is 5.56 Å². The van der Waals surface area contributed by atoms with Gasteiger partial charge in [0, 0.05) is 6.07 Å². The van der Waals surface area contributed by atoms with E-state index in [0.29, 0.717) is 28.5 Å². The molecule has 12 nitrogen and oxygen atoms in total. The SMILES string of the molecule is COc1ccccc1NC(=O)COc1ccc(/C=N/NC(=O)COc2ccccc2[N+](=O)[O-])cc1OC. The first kappa shape index (κ1) is 26.5. The summed E-state index contributed by atoms with van der Waals surface area (Å²) in [6, 6.07) is 17.6. The normalized spacial score (nSPS) is 10.4. The molecule has 3 aromatic carbocycles. The van der Waals surface area contributed by atoms with Crippen molar-refractivity contribution >= 4 is 29.4 Å². The molecule has 0 atom stereocenters. The van der Waals surface area contributed by atoms with Gasteiger partial charge in [0.1, 0.15) is 5.75 Å². The molecule has 2 amide bonds. The molecule has 0 unspecified atom stereocenters. The zero-order valence-corrected chi connectivity index (χ0v) is 20.0. The van der Waals surface area contributed by atoms with E-state index in [1.165, 1.54) is 38.6 Å². The molecule has 0 aliphatic rings. The van der Waals surface area contributed by atoms with E-state index in [-0.39, 0.29) is 24.0 Å². The number of nitrogens with zero attached hydrogens (tertiary/aromatic N) is 2. The molecule has 0 aliphatic carbocycles. The van der Waals surface area contributed by atoms with Crippen molar-refractivity contribution in [1.82, 2.24) is 5.43 Å². The van der Waals surface area contributed by atoms with Gasteiger partial charge in [-0.1, -0.05) is 24.3 Å². The highest BCUT2D eigenvalue weighted by Crippen LogP contribution is 2.28. The number of nitrogens with one attached hydrogen (secondary N) is 2. The third kappa shape index (κ3) is 7.68. The molecule has 12 heteroatoms. The minimum absolute atomic E-state index is 0.0245. The van der Waals surface area contributed by atoms with Gasteiger partial charge in [0.05, 0.1) is 31.0 Å². The molecule has 0 aromatic heterocycles. The number of anilines is 1. The lowest BCUT2D eigenvalue weighted by molar-refractivity contribution is -0.385. The van der Waals surface area contributed by atoms with Gasteiger partial charge in [0.15, 0.2) is 30.5 Å². The number of nitro benzene ring substituents is 1. The van der Waals surface area contributed by atoms with Crippen molar-refractivity contribution in [3.05, 3.63) is 82.4 Å². The number of hydrazone groups is 1. The van der Waals surface area contributed by atoms with Crippen LogP contribution in [0.25, 0.3) is 0 Å². The number of hydrogen-bond donors (Lipinski definition) is 2. The molecule has 0 heterocycles. The summed E-state index contributed by atoms with van der Waals surface area (Å²) in [5, 5.41) is 17.6. The molecule has 0 saturated carbocycles. The van der Waals surface area contributed by atoms with Crippen LogP contribution >= 0.6 is 0 Å². The van der Waals surface area contributed by atoms with Crippen LogP contribution in [0.4, 0.5) is 11.4 Å². The maximum absolute atomic E-state index is 12.3. The lowest BCUT2D eigenvalue weighted by Gasteiger charge is -2.12. The van der Waals surface area contributed by atoms with Gasteiger partial charge >= 0.3 is 5.69 Å². The second kappa shape index (κ2) is 13.1. The lowest BCUT2D eigenvalue weighted by Crippen LogP contribution is -2.24. The number of amides is 2. The number of nitro groups is 1. The van der Waals surface area contributed by atoms with Crippen LogP contribution in [0, 0.1) is 10.1 Å². The molecule has 0 radical (unpaired) electrons. The highest BCUT2D eigenvalue weighted by Gasteiger charge is 2.15. The summed E-state index contributed by atoms with van der Waals surface area (Å²) in [4.78, 5) is 34.7. The maximum atomic E-state index is 12.3. The van der Waals surface area contributed by atoms with Crippen molar-refractivity contribution in [3.8, 4) is 23.0 Å². The van der Waals surface area contributed by atoms with Gasteiger partial charge in [-0.05, 0) is 42.0 Å². The molecule has 3 rings (SSSR count). The number of ether oxygens (including phenoxy) is 4. The first-order valence-corrected chi connectivity index (χ1v) is 10.8. The van der Waals surface area contributed by atoms with Crippen LogP contribution in [0.5, 0.6) is 23.0 Å². The molecule has 0 saturated heterocycles. The van der Waals surface area contributed by atoms with E-state index in [9.17, 15) is 19.7 Å². The van der Waals surface area contributed by atoms with Crippen LogP contribution in [0.15, 0.2) is 71.8 Å². The Labute approximate surface area is 211 Å². The van der Waals surface area contributed by atoms with Crippen LogP contribution in [0.2, 0.25) is 0 Å². The molecule has 0 aliphatic heterocycles. The van der Waals surface area contributed by atoms with Crippen molar-refractivity contribution in [3.63, 3.8) is 0 Å². The predicted molar refractivity (Wildman–Crippen MR) is 134 cm³/mol. The van der Waals surface area contributed by atoms with Gasteiger partial charge in [-0.2, -0.15) is 5.10 Å². The van der Waals surface area contributed by atoms with E-state index in [1.807, 2.05) is 0 Å². The third-order valence-electron chi connectivity index (χ3n) is 4.75. The molecule has 192 valence electrons. The quantitative estimate of drug-likeness (QED) is 0.215. The van der Waals surface area contributed by atoms with Crippen molar-refractivity contribution in [2.75, 3.05) is 32.8 Å². The summed E-state index contributed by atoms with van der Waals surface area (Å²) >= 11 is 0. The molecule has 3 aromatic rings. The molecule has 37 heavy (non-hydrogen) atoms. The largest absolute Gasteiger partial charge is 0.495 e. The van der Waals surface area contributed by atoms with Crippen molar-refractivity contribution in [2.24, 2.45) is 5.10 Å². The second-order valence-corrected chi connectivity index (χ2v) is 7.25. The van der Waals surface area contributed by atoms with Gasteiger partial charge in [0.2, 0.25) is 0 Å². The topological polar surface area (TPSA) is 151 Å². The van der Waals surface area contributed by atoms with Gasteiger partial charge in [0.25, 0.3) is 11.8 Å². The Hall–Kier alpha value is -5.13. The minimum atomic E-state index is -0.609. The highest BCUT2D eigenvalue weighted by molar-refractivity contribution is 5.93. The van der Waals surface area contributed by atoms with Gasteiger partial charge in [-0.15, -0.1) is 0 Å². The Morgan fingerprint density at radius 2 is 1.51 bits per heavy atom. The van der Waals surface area contributed by atoms with Gasteiger partial charge < -0.3 is 24.3 Å². The standard InChI is InChI=1S/C25H24N4O8/c1-34-20-9-5-3-7-18(20)27-24(30)15-37-22-12-11-17(13-23(22)35-2)14-26-28-25(31)16-36-21-10-6-4-8-19(21)29(32)33/h3-14H,15-16H2,1-2H3,(H,27,30)(H,28,31)/b26-14+. The fourth-order valence-electron chi connectivity index (χ4n) is 3.05. The van der Waals surface area contributed by atoms with E-state index in [2.05, 4.69) is 15.8 Å². The number of hydrogen-bond acceptors (Lipinski definition) is 9. The Morgan fingerprint density at radius 1 is 0.865 bits per heavy atom. The second-order valence-electron chi connectivity index (χ2n) is 7.25. The molecular formula is C25H24N4O8. The summed E-state index contributed by atoms with van der Waals surface area (Å²) in [7, 11) is 2.95. The zero-order valence-electron chi connectivity index (χ0n) is 20.0. The van der Waals surface area contributed by atoms with E-state index in [0.717, 1.165) is 0 Å². The third-order valence-corrected chi connectivity index (χ3v) is 4.75. The Morgan fingerprint density at radius 3 is 2.24 bits per heavy atom. The van der Waals surface area contributed by atoms with E-state index in [4.69, 9.17) is 18.9 Å². The van der Waals surface area contributed by atoms with Crippen LogP contribution in [-0.4, -0.2) is 50.4 Å². The van der Waals surface area contributed by atoms with Crippen LogP contribution < -0.4 is 29.7 Å². The minimum Gasteiger partial charge on any atom is -0.495 e.